The third-order valence-electron chi connectivity index (χ3n) is 1.32. The third kappa shape index (κ3) is 4.34. The summed E-state index contributed by atoms with van der Waals surface area (Å²) < 4.78 is 0. The second-order valence-corrected chi connectivity index (χ2v) is 4.37. The number of amides is 1. The number of rotatable bonds is 3. The van der Waals surface area contributed by atoms with Crippen molar-refractivity contribution in [3.8, 4) is 11.8 Å². The van der Waals surface area contributed by atoms with Crippen LogP contribution in [0.3, 0.4) is 0 Å². The summed E-state index contributed by atoms with van der Waals surface area (Å²) in [4.78, 5) is 15.9. The molecule has 0 saturated carbocycles. The van der Waals surface area contributed by atoms with Crippen LogP contribution in [0.15, 0.2) is 6.20 Å². The van der Waals surface area contributed by atoms with E-state index >= 15 is 0 Å². The minimum Gasteiger partial charge on any atom is -0.384 e. The van der Waals surface area contributed by atoms with Gasteiger partial charge in [-0.15, -0.1) is 0 Å². The van der Waals surface area contributed by atoms with Crippen molar-refractivity contribution in [2.24, 2.45) is 0 Å². The average Bonchev–Trinajstić information content (AvgIpc) is 2.63. The number of thiazole rings is 1. The molecule has 4 nitrogen and oxygen atoms in total. The molecule has 0 aliphatic rings. The molecule has 6 heteroatoms. The van der Waals surface area contributed by atoms with Gasteiger partial charge in [-0.05, 0) is 6.26 Å². The number of aliphatic hydroxyl groups is 1. The molecule has 80 valence electrons. The monoisotopic (exact) mass is 242 g/mol. The van der Waals surface area contributed by atoms with Crippen LogP contribution >= 0.6 is 23.1 Å². The smallest absolute Gasteiger partial charge is 0.236 e. The highest BCUT2D eigenvalue weighted by Crippen LogP contribution is 2.16. The fraction of sp³-hybridized carbons (Fsp3) is 0.333. The van der Waals surface area contributed by atoms with Crippen molar-refractivity contribution < 1.29 is 9.90 Å². The van der Waals surface area contributed by atoms with Crippen LogP contribution in [-0.4, -0.2) is 34.6 Å². The summed E-state index contributed by atoms with van der Waals surface area (Å²) >= 11 is 2.74. The van der Waals surface area contributed by atoms with Gasteiger partial charge in [0.15, 0.2) is 5.13 Å². The molecular formula is C9H10N2O2S2. The van der Waals surface area contributed by atoms with Gasteiger partial charge in [-0.2, -0.15) is 11.8 Å². The van der Waals surface area contributed by atoms with Gasteiger partial charge in [0.1, 0.15) is 6.61 Å². The molecule has 1 aromatic heterocycles. The highest BCUT2D eigenvalue weighted by atomic mass is 32.2. The Morgan fingerprint density at radius 2 is 2.60 bits per heavy atom. The number of aliphatic hydroxyl groups excluding tert-OH is 1. The fourth-order valence-corrected chi connectivity index (χ4v) is 1.84. The van der Waals surface area contributed by atoms with Gasteiger partial charge in [0.2, 0.25) is 5.91 Å². The maximum atomic E-state index is 11.2. The van der Waals surface area contributed by atoms with E-state index in [1.54, 1.807) is 6.20 Å². The number of nitrogens with one attached hydrogen (secondary N) is 1. The van der Waals surface area contributed by atoms with E-state index in [-0.39, 0.29) is 12.5 Å². The number of aromatic nitrogens is 1. The first kappa shape index (κ1) is 12.0. The van der Waals surface area contributed by atoms with Gasteiger partial charge < -0.3 is 10.4 Å². The molecule has 1 rings (SSSR count). The maximum Gasteiger partial charge on any atom is 0.236 e. The molecule has 1 heterocycles. The van der Waals surface area contributed by atoms with E-state index in [1.165, 1.54) is 23.1 Å². The van der Waals surface area contributed by atoms with E-state index in [9.17, 15) is 4.79 Å². The summed E-state index contributed by atoms with van der Waals surface area (Å²) in [6.45, 7) is -0.175. The Kier molecular flexibility index (Phi) is 5.18. The number of carbonyl (C=O) groups excluding carboxylic acids is 1. The van der Waals surface area contributed by atoms with Crippen molar-refractivity contribution in [2.75, 3.05) is 23.9 Å². The van der Waals surface area contributed by atoms with Crippen LogP contribution in [0.5, 0.6) is 0 Å². The predicted octanol–water partition coefficient (Wildman–Crippen LogP) is 0.788. The lowest BCUT2D eigenvalue weighted by molar-refractivity contribution is -0.113. The summed E-state index contributed by atoms with van der Waals surface area (Å²) in [6.07, 6.45) is 3.43. The van der Waals surface area contributed by atoms with Gasteiger partial charge in [-0.25, -0.2) is 4.98 Å². The summed E-state index contributed by atoms with van der Waals surface area (Å²) in [5.74, 6) is 5.58. The molecule has 0 radical (unpaired) electrons. The third-order valence-corrected chi connectivity index (χ3v) is 2.70. The number of nitrogens with zero attached hydrogens (tertiary/aromatic N) is 1. The lowest BCUT2D eigenvalue weighted by Crippen LogP contribution is -2.13. The highest BCUT2D eigenvalue weighted by Gasteiger charge is 2.04. The minimum atomic E-state index is -0.175. The van der Waals surface area contributed by atoms with E-state index in [0.717, 1.165) is 4.88 Å². The Balaban J connectivity index is 2.56. The van der Waals surface area contributed by atoms with Gasteiger partial charge in [-0.3, -0.25) is 4.79 Å². The Hall–Kier alpha value is -1.03. The first-order valence-electron chi connectivity index (χ1n) is 4.10. The molecule has 0 aromatic carbocycles. The quantitative estimate of drug-likeness (QED) is 0.769. The van der Waals surface area contributed by atoms with Crippen molar-refractivity contribution >= 4 is 34.1 Å². The maximum absolute atomic E-state index is 11.2. The van der Waals surface area contributed by atoms with E-state index in [4.69, 9.17) is 5.11 Å². The zero-order valence-corrected chi connectivity index (χ0v) is 9.74. The molecule has 0 saturated heterocycles. The molecule has 0 aliphatic heterocycles. The predicted molar refractivity (Wildman–Crippen MR) is 63.1 cm³/mol. The first-order valence-corrected chi connectivity index (χ1v) is 6.31. The fourth-order valence-electron chi connectivity index (χ4n) is 0.803. The molecule has 0 fully saturated rings. The molecule has 2 N–H and O–H groups in total. The number of carbonyl (C=O) groups is 1. The number of hydrogen-bond donors (Lipinski definition) is 2. The second kappa shape index (κ2) is 6.45. The Bertz CT molecular complexity index is 392. The van der Waals surface area contributed by atoms with Crippen LogP contribution < -0.4 is 5.32 Å². The number of anilines is 1. The summed E-state index contributed by atoms with van der Waals surface area (Å²) in [5.41, 5.74) is 0. The van der Waals surface area contributed by atoms with Crippen molar-refractivity contribution in [2.45, 2.75) is 0 Å². The van der Waals surface area contributed by atoms with Crippen LogP contribution in [-0.2, 0) is 4.79 Å². The minimum absolute atomic E-state index is 0.0708. The first-order chi connectivity index (χ1) is 7.26. The van der Waals surface area contributed by atoms with Crippen LogP contribution in [0.25, 0.3) is 0 Å². The normalized spacial score (nSPS) is 9.20. The summed E-state index contributed by atoms with van der Waals surface area (Å²) in [7, 11) is 0. The molecule has 0 spiro atoms. The lowest BCUT2D eigenvalue weighted by atomic mass is 10.5. The van der Waals surface area contributed by atoms with Crippen molar-refractivity contribution in [3.63, 3.8) is 0 Å². The van der Waals surface area contributed by atoms with E-state index in [2.05, 4.69) is 22.1 Å². The van der Waals surface area contributed by atoms with Gasteiger partial charge in [0.25, 0.3) is 0 Å². The number of hydrogen-bond acceptors (Lipinski definition) is 5. The number of thioether (sulfide) groups is 1. The van der Waals surface area contributed by atoms with Crippen molar-refractivity contribution in [1.82, 2.24) is 4.98 Å². The van der Waals surface area contributed by atoms with Crippen molar-refractivity contribution in [3.05, 3.63) is 11.1 Å². The largest absolute Gasteiger partial charge is 0.384 e. The van der Waals surface area contributed by atoms with E-state index < -0.39 is 0 Å². The van der Waals surface area contributed by atoms with E-state index in [0.29, 0.717) is 10.9 Å². The molecule has 15 heavy (non-hydrogen) atoms. The van der Waals surface area contributed by atoms with Crippen molar-refractivity contribution in [1.29, 1.82) is 0 Å². The molecule has 0 aliphatic carbocycles. The molecule has 0 bridgehead atoms. The highest BCUT2D eigenvalue weighted by molar-refractivity contribution is 7.99. The zero-order chi connectivity index (χ0) is 11.1. The van der Waals surface area contributed by atoms with Gasteiger partial charge in [-0.1, -0.05) is 23.2 Å². The topological polar surface area (TPSA) is 62.2 Å². The molecule has 1 aromatic rings. The Morgan fingerprint density at radius 1 is 1.80 bits per heavy atom. The molecule has 0 atom stereocenters. The van der Waals surface area contributed by atoms with E-state index in [1.807, 2.05) is 6.26 Å². The molecular weight excluding hydrogens is 232 g/mol. The van der Waals surface area contributed by atoms with Crippen LogP contribution in [0.2, 0.25) is 0 Å². The summed E-state index contributed by atoms with van der Waals surface area (Å²) in [6, 6.07) is 0. The van der Waals surface area contributed by atoms with Gasteiger partial charge in [0, 0.05) is 0 Å². The Morgan fingerprint density at radius 3 is 3.27 bits per heavy atom. The van der Waals surface area contributed by atoms with Crippen LogP contribution in [0, 0.1) is 11.8 Å². The molecule has 1 amide bonds. The van der Waals surface area contributed by atoms with Gasteiger partial charge >= 0.3 is 0 Å². The zero-order valence-electron chi connectivity index (χ0n) is 8.11. The Labute approximate surface area is 96.1 Å². The summed E-state index contributed by atoms with van der Waals surface area (Å²) in [5, 5.41) is 11.7. The lowest BCUT2D eigenvalue weighted by Gasteiger charge is -1.97. The van der Waals surface area contributed by atoms with Crippen LogP contribution in [0.4, 0.5) is 5.13 Å². The van der Waals surface area contributed by atoms with Crippen LogP contribution in [0.1, 0.15) is 4.88 Å². The van der Waals surface area contributed by atoms with Gasteiger partial charge in [0.05, 0.1) is 16.8 Å². The average molecular weight is 242 g/mol. The second-order valence-electron chi connectivity index (χ2n) is 2.47. The molecule has 0 unspecified atom stereocenters. The standard InChI is InChI=1S/C9H10N2O2S2/c1-14-6-8(13)11-9-10-5-7(15-9)3-2-4-12/h5,12H,4,6H2,1H3,(H,10,11,13). The SMILES string of the molecule is CSCC(=O)Nc1ncc(C#CCO)s1.